The van der Waals surface area contributed by atoms with E-state index < -0.39 is 0 Å². The average Bonchev–Trinajstić information content (AvgIpc) is 2.61. The van der Waals surface area contributed by atoms with Crippen LogP contribution in [-0.2, 0) is 9.53 Å². The summed E-state index contributed by atoms with van der Waals surface area (Å²) in [5, 5.41) is 9.53. The van der Waals surface area contributed by atoms with E-state index in [1.807, 2.05) is 0 Å². The molecule has 5 nitrogen and oxygen atoms in total. The number of ether oxygens (including phenoxy) is 1. The van der Waals surface area contributed by atoms with Crippen LogP contribution in [0.5, 0.6) is 0 Å². The van der Waals surface area contributed by atoms with Gasteiger partial charge in [-0.15, -0.1) is 0 Å². The summed E-state index contributed by atoms with van der Waals surface area (Å²) in [6, 6.07) is 2.53. The molecule has 0 spiro atoms. The van der Waals surface area contributed by atoms with Gasteiger partial charge in [0.05, 0.1) is 18.0 Å². The van der Waals surface area contributed by atoms with Crippen LogP contribution in [0.15, 0.2) is 0 Å². The molecule has 2 fully saturated rings. The monoisotopic (exact) mass is 335 g/mol. The van der Waals surface area contributed by atoms with Gasteiger partial charge in [-0.05, 0) is 51.1 Å². The summed E-state index contributed by atoms with van der Waals surface area (Å²) in [5.74, 6) is 0.565. The summed E-state index contributed by atoms with van der Waals surface area (Å²) >= 11 is 0. The summed E-state index contributed by atoms with van der Waals surface area (Å²) in [6.07, 6.45) is 11.4. The lowest BCUT2D eigenvalue weighted by Crippen LogP contribution is -2.37. The normalized spacial score (nSPS) is 21.5. The molecule has 0 unspecified atom stereocenters. The Morgan fingerprint density at radius 3 is 2.54 bits per heavy atom. The molecule has 1 aliphatic carbocycles. The molecule has 5 heteroatoms. The minimum atomic E-state index is -0.250. The molecule has 0 aromatic heterocycles. The molecule has 2 rings (SSSR count). The van der Waals surface area contributed by atoms with Crippen LogP contribution in [0.1, 0.15) is 64.2 Å². The molecule has 1 amide bonds. The van der Waals surface area contributed by atoms with Gasteiger partial charge in [-0.1, -0.05) is 32.1 Å². The van der Waals surface area contributed by atoms with Crippen LogP contribution >= 0.6 is 0 Å². The molecule has 0 bridgehead atoms. The van der Waals surface area contributed by atoms with Gasteiger partial charge in [-0.2, -0.15) is 5.26 Å². The standard InChI is InChI=1S/C19H33N3O2/c20-16-19(9-13-24-14-10-19)8-4-11-22(15-18(21)23)12-7-17-5-2-1-3-6-17/h17H,1-15H2,(H2,21,23). The smallest absolute Gasteiger partial charge is 0.231 e. The number of nitrogens with zero attached hydrogens (tertiary/aromatic N) is 2. The molecule has 0 aromatic rings. The molecule has 24 heavy (non-hydrogen) atoms. The quantitative estimate of drug-likeness (QED) is 0.702. The lowest BCUT2D eigenvalue weighted by Gasteiger charge is -2.32. The third-order valence-corrected chi connectivity index (χ3v) is 5.77. The van der Waals surface area contributed by atoms with Gasteiger partial charge in [0.25, 0.3) is 0 Å². The number of nitrogens with two attached hydrogens (primary N) is 1. The zero-order valence-electron chi connectivity index (χ0n) is 15.0. The van der Waals surface area contributed by atoms with Crippen LogP contribution < -0.4 is 5.73 Å². The number of hydrogen-bond donors (Lipinski definition) is 1. The summed E-state index contributed by atoms with van der Waals surface area (Å²) < 4.78 is 5.39. The van der Waals surface area contributed by atoms with E-state index >= 15 is 0 Å². The second-order valence-electron chi connectivity index (χ2n) is 7.64. The second-order valence-corrected chi connectivity index (χ2v) is 7.64. The van der Waals surface area contributed by atoms with Gasteiger partial charge in [0.2, 0.25) is 5.91 Å². The van der Waals surface area contributed by atoms with Crippen molar-refractivity contribution in [2.75, 3.05) is 32.8 Å². The SMILES string of the molecule is N#CC1(CCCN(CCC2CCCCC2)CC(N)=O)CCOCC1. The maximum atomic E-state index is 11.4. The highest BCUT2D eigenvalue weighted by atomic mass is 16.5. The first-order chi connectivity index (χ1) is 11.6. The molecule has 0 radical (unpaired) electrons. The molecule has 136 valence electrons. The van der Waals surface area contributed by atoms with E-state index in [1.54, 1.807) is 0 Å². The van der Waals surface area contributed by atoms with Crippen molar-refractivity contribution >= 4 is 5.91 Å². The Kier molecular flexibility index (Phi) is 8.01. The number of nitriles is 1. The van der Waals surface area contributed by atoms with Gasteiger partial charge >= 0.3 is 0 Å². The number of carbonyl (C=O) groups is 1. The van der Waals surface area contributed by atoms with E-state index in [2.05, 4.69) is 11.0 Å². The van der Waals surface area contributed by atoms with Gasteiger partial charge in [0, 0.05) is 13.2 Å². The largest absolute Gasteiger partial charge is 0.381 e. The summed E-state index contributed by atoms with van der Waals surface area (Å²) in [5.41, 5.74) is 5.20. The Hall–Kier alpha value is -1.12. The number of rotatable bonds is 9. The predicted octanol–water partition coefficient (Wildman–Crippen LogP) is 2.84. The van der Waals surface area contributed by atoms with Gasteiger partial charge in [0.1, 0.15) is 0 Å². The molecule has 1 aliphatic heterocycles. The van der Waals surface area contributed by atoms with Crippen molar-refractivity contribution in [2.45, 2.75) is 64.2 Å². The van der Waals surface area contributed by atoms with Gasteiger partial charge in [-0.3, -0.25) is 9.69 Å². The lowest BCUT2D eigenvalue weighted by atomic mass is 9.78. The zero-order chi connectivity index (χ0) is 17.3. The Balaban J connectivity index is 1.75. The maximum absolute atomic E-state index is 11.4. The summed E-state index contributed by atoms with van der Waals surface area (Å²) in [4.78, 5) is 13.6. The number of hydrogen-bond acceptors (Lipinski definition) is 4. The molecule has 1 heterocycles. The Morgan fingerprint density at radius 1 is 1.21 bits per heavy atom. The minimum absolute atomic E-state index is 0.222. The molecule has 1 saturated heterocycles. The highest BCUT2D eigenvalue weighted by molar-refractivity contribution is 5.75. The van der Waals surface area contributed by atoms with Gasteiger partial charge in [-0.25, -0.2) is 0 Å². The molecule has 2 aliphatic rings. The van der Waals surface area contributed by atoms with E-state index in [9.17, 15) is 10.1 Å². The highest BCUT2D eigenvalue weighted by Gasteiger charge is 2.32. The van der Waals surface area contributed by atoms with E-state index in [0.717, 1.165) is 44.7 Å². The summed E-state index contributed by atoms with van der Waals surface area (Å²) in [6.45, 7) is 3.55. The predicted molar refractivity (Wildman–Crippen MR) is 94.2 cm³/mol. The molecule has 0 aromatic carbocycles. The van der Waals surface area contributed by atoms with Crippen molar-refractivity contribution in [3.63, 3.8) is 0 Å². The number of primary amides is 1. The molecule has 0 atom stereocenters. The number of amides is 1. The van der Waals surface area contributed by atoms with Gasteiger partial charge < -0.3 is 10.5 Å². The van der Waals surface area contributed by atoms with Crippen molar-refractivity contribution in [3.8, 4) is 6.07 Å². The first-order valence-electron chi connectivity index (χ1n) is 9.63. The number of carbonyl (C=O) groups excluding carboxylic acids is 1. The van der Waals surface area contributed by atoms with E-state index in [4.69, 9.17) is 10.5 Å². The third-order valence-electron chi connectivity index (χ3n) is 5.77. The van der Waals surface area contributed by atoms with Crippen LogP contribution in [0.2, 0.25) is 0 Å². The van der Waals surface area contributed by atoms with E-state index in [0.29, 0.717) is 19.8 Å². The molecular formula is C19H33N3O2. The first-order valence-corrected chi connectivity index (χ1v) is 9.63. The van der Waals surface area contributed by atoms with Crippen LogP contribution in [0.25, 0.3) is 0 Å². The first kappa shape index (κ1) is 19.2. The summed E-state index contributed by atoms with van der Waals surface area (Å²) in [7, 11) is 0. The van der Waals surface area contributed by atoms with Gasteiger partial charge in [0.15, 0.2) is 0 Å². The van der Waals surface area contributed by atoms with E-state index in [-0.39, 0.29) is 11.3 Å². The van der Waals surface area contributed by atoms with Crippen LogP contribution in [-0.4, -0.2) is 43.7 Å². The maximum Gasteiger partial charge on any atom is 0.231 e. The van der Waals surface area contributed by atoms with Crippen molar-refractivity contribution in [3.05, 3.63) is 0 Å². The topological polar surface area (TPSA) is 79.4 Å². The van der Waals surface area contributed by atoms with Crippen molar-refractivity contribution in [2.24, 2.45) is 17.1 Å². The Morgan fingerprint density at radius 2 is 1.92 bits per heavy atom. The van der Waals surface area contributed by atoms with Crippen molar-refractivity contribution in [1.29, 1.82) is 5.26 Å². The van der Waals surface area contributed by atoms with Crippen molar-refractivity contribution in [1.82, 2.24) is 4.90 Å². The Labute approximate surface area is 146 Å². The van der Waals surface area contributed by atoms with Crippen LogP contribution in [0, 0.1) is 22.7 Å². The molecule has 2 N–H and O–H groups in total. The lowest BCUT2D eigenvalue weighted by molar-refractivity contribution is -0.119. The zero-order valence-corrected chi connectivity index (χ0v) is 15.0. The average molecular weight is 335 g/mol. The molecule has 1 saturated carbocycles. The van der Waals surface area contributed by atoms with E-state index in [1.165, 1.54) is 38.5 Å². The Bertz CT molecular complexity index is 421. The minimum Gasteiger partial charge on any atom is -0.381 e. The fourth-order valence-electron chi connectivity index (χ4n) is 4.15. The third kappa shape index (κ3) is 6.41. The van der Waals surface area contributed by atoms with Crippen LogP contribution in [0.4, 0.5) is 0 Å². The molecular weight excluding hydrogens is 302 g/mol. The van der Waals surface area contributed by atoms with Crippen molar-refractivity contribution < 1.29 is 9.53 Å². The fourth-order valence-corrected chi connectivity index (χ4v) is 4.15. The van der Waals surface area contributed by atoms with Crippen LogP contribution in [0.3, 0.4) is 0 Å². The second kappa shape index (κ2) is 10.0. The fraction of sp³-hybridized carbons (Fsp3) is 0.895. The highest BCUT2D eigenvalue weighted by Crippen LogP contribution is 2.34.